The fraction of sp³-hybridized carbons (Fsp3) is 0.200. The lowest BCUT2D eigenvalue weighted by atomic mass is 10.2. The molecule has 74 valence electrons. The second-order valence-corrected chi connectivity index (χ2v) is 3.06. The van der Waals surface area contributed by atoms with Crippen molar-refractivity contribution in [3.05, 3.63) is 35.9 Å². The van der Waals surface area contributed by atoms with E-state index in [1.54, 1.807) is 30.3 Å². The van der Waals surface area contributed by atoms with Crippen LogP contribution in [0.1, 0.15) is 16.8 Å². The smallest absolute Gasteiger partial charge is 0.257 e. The van der Waals surface area contributed by atoms with Gasteiger partial charge in [-0.25, -0.2) is 0 Å². The maximum Gasteiger partial charge on any atom is 0.257 e. The third-order valence-corrected chi connectivity index (χ3v) is 1.80. The van der Waals surface area contributed by atoms with Crippen molar-refractivity contribution in [2.75, 3.05) is 5.88 Å². The first-order chi connectivity index (χ1) is 6.74. The Balaban J connectivity index is 2.55. The number of hydrogen-bond acceptors (Lipinski definition) is 2. The van der Waals surface area contributed by atoms with Crippen LogP contribution in [-0.4, -0.2) is 17.7 Å². The number of rotatable bonds is 3. The van der Waals surface area contributed by atoms with E-state index in [0.29, 0.717) is 5.56 Å². The van der Waals surface area contributed by atoms with Crippen molar-refractivity contribution in [2.24, 2.45) is 0 Å². The number of carbonyl (C=O) groups excluding carboxylic acids is 2. The molecule has 3 nitrogen and oxygen atoms in total. The van der Waals surface area contributed by atoms with Crippen LogP contribution in [0.15, 0.2) is 30.3 Å². The number of hydrogen-bond donors (Lipinski definition) is 1. The van der Waals surface area contributed by atoms with Crippen LogP contribution in [-0.2, 0) is 4.79 Å². The molecule has 4 heteroatoms. The number of alkyl halides is 1. The van der Waals surface area contributed by atoms with Crippen molar-refractivity contribution < 1.29 is 9.59 Å². The van der Waals surface area contributed by atoms with Crippen LogP contribution in [0.3, 0.4) is 0 Å². The van der Waals surface area contributed by atoms with Gasteiger partial charge in [0.15, 0.2) is 0 Å². The molecule has 0 spiro atoms. The van der Waals surface area contributed by atoms with Crippen LogP contribution in [0, 0.1) is 0 Å². The quantitative estimate of drug-likeness (QED) is 0.772. The maximum atomic E-state index is 11.4. The van der Waals surface area contributed by atoms with Gasteiger partial charge in [0, 0.05) is 17.9 Å². The third-order valence-electron chi connectivity index (χ3n) is 1.61. The maximum absolute atomic E-state index is 11.4. The van der Waals surface area contributed by atoms with Crippen molar-refractivity contribution in [3.63, 3.8) is 0 Å². The number of benzene rings is 1. The van der Waals surface area contributed by atoms with E-state index >= 15 is 0 Å². The first kappa shape index (κ1) is 10.7. The molecule has 0 aromatic heterocycles. The number of halogens is 1. The van der Waals surface area contributed by atoms with Crippen LogP contribution in [0.4, 0.5) is 0 Å². The fourth-order valence-electron chi connectivity index (χ4n) is 0.937. The summed E-state index contributed by atoms with van der Waals surface area (Å²) in [5, 5.41) is 2.23. The predicted molar refractivity (Wildman–Crippen MR) is 54.3 cm³/mol. The highest BCUT2D eigenvalue weighted by atomic mass is 35.5. The number of carbonyl (C=O) groups is 2. The highest BCUT2D eigenvalue weighted by Crippen LogP contribution is 1.98. The lowest BCUT2D eigenvalue weighted by Gasteiger charge is -2.01. The zero-order valence-corrected chi connectivity index (χ0v) is 8.25. The summed E-state index contributed by atoms with van der Waals surface area (Å²) in [5.41, 5.74) is 0.468. The van der Waals surface area contributed by atoms with Crippen LogP contribution in [0.25, 0.3) is 0 Å². The molecule has 0 atom stereocenters. The molecule has 0 radical (unpaired) electrons. The molecule has 0 unspecified atom stereocenters. The van der Waals surface area contributed by atoms with Gasteiger partial charge in [0.1, 0.15) is 0 Å². The Morgan fingerprint density at radius 2 is 1.86 bits per heavy atom. The lowest BCUT2D eigenvalue weighted by molar-refractivity contribution is -0.119. The standard InChI is InChI=1S/C10H10ClNO2/c11-7-6-9(13)12-10(14)8-4-2-1-3-5-8/h1-5H,6-7H2,(H,12,13,14). The molecular weight excluding hydrogens is 202 g/mol. The largest absolute Gasteiger partial charge is 0.292 e. The molecule has 0 heterocycles. The van der Waals surface area contributed by atoms with Gasteiger partial charge < -0.3 is 0 Å². The Morgan fingerprint density at radius 3 is 2.43 bits per heavy atom. The molecule has 1 aromatic rings. The van der Waals surface area contributed by atoms with E-state index in [-0.39, 0.29) is 24.1 Å². The SMILES string of the molecule is O=C(CCCl)NC(=O)c1ccccc1. The molecular formula is C10H10ClNO2. The van der Waals surface area contributed by atoms with Gasteiger partial charge in [-0.05, 0) is 12.1 Å². The van der Waals surface area contributed by atoms with E-state index in [9.17, 15) is 9.59 Å². The second kappa shape index (κ2) is 5.40. The first-order valence-electron chi connectivity index (χ1n) is 4.19. The minimum Gasteiger partial charge on any atom is -0.292 e. The van der Waals surface area contributed by atoms with E-state index in [4.69, 9.17) is 11.6 Å². The zero-order valence-electron chi connectivity index (χ0n) is 7.50. The number of imide groups is 1. The molecule has 0 aliphatic rings. The van der Waals surface area contributed by atoms with Gasteiger partial charge in [0.2, 0.25) is 5.91 Å². The summed E-state index contributed by atoms with van der Waals surface area (Å²) in [7, 11) is 0. The molecule has 1 aromatic carbocycles. The highest BCUT2D eigenvalue weighted by Gasteiger charge is 2.08. The Morgan fingerprint density at radius 1 is 1.21 bits per heavy atom. The molecule has 0 fully saturated rings. The van der Waals surface area contributed by atoms with Gasteiger partial charge in [0.05, 0.1) is 0 Å². The summed E-state index contributed by atoms with van der Waals surface area (Å²) >= 11 is 5.35. The summed E-state index contributed by atoms with van der Waals surface area (Å²) in [5.74, 6) is -0.525. The van der Waals surface area contributed by atoms with E-state index in [1.807, 2.05) is 0 Å². The molecule has 0 saturated carbocycles. The lowest BCUT2D eigenvalue weighted by Crippen LogP contribution is -2.30. The summed E-state index contributed by atoms with van der Waals surface area (Å²) in [6, 6.07) is 8.56. The minimum absolute atomic E-state index is 0.153. The van der Waals surface area contributed by atoms with Crippen LogP contribution in [0.2, 0.25) is 0 Å². The van der Waals surface area contributed by atoms with E-state index < -0.39 is 0 Å². The molecule has 2 amide bonds. The van der Waals surface area contributed by atoms with Gasteiger partial charge in [-0.2, -0.15) is 0 Å². The number of nitrogens with one attached hydrogen (secondary N) is 1. The van der Waals surface area contributed by atoms with Gasteiger partial charge in [0.25, 0.3) is 5.91 Å². The van der Waals surface area contributed by atoms with Gasteiger partial charge in [-0.3, -0.25) is 14.9 Å². The predicted octanol–water partition coefficient (Wildman–Crippen LogP) is 1.57. The topological polar surface area (TPSA) is 46.2 Å². The molecule has 1 rings (SSSR count). The zero-order chi connectivity index (χ0) is 10.4. The van der Waals surface area contributed by atoms with E-state index in [0.717, 1.165) is 0 Å². The van der Waals surface area contributed by atoms with E-state index in [1.165, 1.54) is 0 Å². The van der Waals surface area contributed by atoms with Gasteiger partial charge in [-0.1, -0.05) is 18.2 Å². The van der Waals surface area contributed by atoms with E-state index in [2.05, 4.69) is 5.32 Å². The molecule has 0 aliphatic carbocycles. The fourth-order valence-corrected chi connectivity index (χ4v) is 1.11. The van der Waals surface area contributed by atoms with Crippen molar-refractivity contribution in [1.82, 2.24) is 5.32 Å². The molecule has 0 saturated heterocycles. The molecule has 1 N–H and O–H groups in total. The highest BCUT2D eigenvalue weighted by molar-refractivity contribution is 6.19. The Hall–Kier alpha value is -1.35. The van der Waals surface area contributed by atoms with Crippen molar-refractivity contribution in [2.45, 2.75) is 6.42 Å². The third kappa shape index (κ3) is 3.18. The Labute approximate surface area is 87.1 Å². The van der Waals surface area contributed by atoms with Gasteiger partial charge >= 0.3 is 0 Å². The normalized spacial score (nSPS) is 9.50. The average molecular weight is 212 g/mol. The first-order valence-corrected chi connectivity index (χ1v) is 4.72. The number of amides is 2. The molecule has 14 heavy (non-hydrogen) atoms. The molecule has 0 bridgehead atoms. The minimum atomic E-state index is -0.388. The summed E-state index contributed by atoms with van der Waals surface area (Å²) in [6.07, 6.45) is 0.153. The Kier molecular flexibility index (Phi) is 4.13. The second-order valence-electron chi connectivity index (χ2n) is 2.68. The van der Waals surface area contributed by atoms with Crippen LogP contribution < -0.4 is 5.32 Å². The summed E-state index contributed by atoms with van der Waals surface area (Å²) < 4.78 is 0. The monoisotopic (exact) mass is 211 g/mol. The summed E-state index contributed by atoms with van der Waals surface area (Å²) in [6.45, 7) is 0. The van der Waals surface area contributed by atoms with Crippen molar-refractivity contribution in [3.8, 4) is 0 Å². The average Bonchev–Trinajstić information content (AvgIpc) is 2.19. The molecule has 0 aliphatic heterocycles. The summed E-state index contributed by atoms with van der Waals surface area (Å²) in [4.78, 5) is 22.4. The van der Waals surface area contributed by atoms with Crippen LogP contribution >= 0.6 is 11.6 Å². The van der Waals surface area contributed by atoms with Crippen molar-refractivity contribution in [1.29, 1.82) is 0 Å². The van der Waals surface area contributed by atoms with Crippen LogP contribution in [0.5, 0.6) is 0 Å². The van der Waals surface area contributed by atoms with Gasteiger partial charge in [-0.15, -0.1) is 11.6 Å². The van der Waals surface area contributed by atoms with Crippen molar-refractivity contribution >= 4 is 23.4 Å². The Bertz CT molecular complexity index is 324.